The maximum absolute atomic E-state index is 14.0. The smallest absolute Gasteiger partial charge is 0.261 e. The average molecular weight is 448 g/mol. The van der Waals surface area contributed by atoms with Gasteiger partial charge in [-0.25, -0.2) is 9.37 Å². The van der Waals surface area contributed by atoms with Crippen LogP contribution in [0.25, 0.3) is 0 Å². The number of hydrogen-bond donors (Lipinski definition) is 1. The van der Waals surface area contributed by atoms with E-state index in [1.807, 2.05) is 4.90 Å². The van der Waals surface area contributed by atoms with Crippen LogP contribution in [0, 0.1) is 17.7 Å². The highest BCUT2D eigenvalue weighted by molar-refractivity contribution is 7.17. The lowest BCUT2D eigenvalue weighted by Crippen LogP contribution is -2.43. The third-order valence-corrected chi connectivity index (χ3v) is 7.64. The van der Waals surface area contributed by atoms with Crippen molar-refractivity contribution in [2.24, 2.45) is 11.8 Å². The lowest BCUT2D eigenvalue weighted by molar-refractivity contribution is -0.137. The molecule has 30 heavy (non-hydrogen) atoms. The number of piperidine rings is 1. The van der Waals surface area contributed by atoms with Crippen LogP contribution in [0.5, 0.6) is 0 Å². The molecule has 3 atom stereocenters. The van der Waals surface area contributed by atoms with Crippen LogP contribution >= 0.6 is 22.9 Å². The molecule has 2 amide bonds. The first-order valence-electron chi connectivity index (χ1n) is 9.99. The minimum Gasteiger partial charge on any atom is -0.339 e. The number of Topliss-reactive ketones (excluding diaryl/α,β-unsaturated/α-hetero) is 1. The Kier molecular flexibility index (Phi) is 4.86. The molecule has 1 aliphatic heterocycles. The van der Waals surface area contributed by atoms with Gasteiger partial charge in [0.05, 0.1) is 27.1 Å². The predicted molar refractivity (Wildman–Crippen MR) is 110 cm³/mol. The third-order valence-electron chi connectivity index (χ3n) is 6.27. The number of carbonyl (C=O) groups excluding carboxylic acids is 3. The maximum atomic E-state index is 14.0. The van der Waals surface area contributed by atoms with Crippen molar-refractivity contribution in [1.82, 2.24) is 9.88 Å². The van der Waals surface area contributed by atoms with Gasteiger partial charge in [0.2, 0.25) is 5.91 Å². The zero-order valence-electron chi connectivity index (χ0n) is 16.0. The quantitative estimate of drug-likeness (QED) is 0.772. The fraction of sp³-hybridized carbons (Fsp3) is 0.429. The molecule has 3 aliphatic rings. The van der Waals surface area contributed by atoms with Crippen LogP contribution in [-0.2, 0) is 11.2 Å². The van der Waals surface area contributed by atoms with Gasteiger partial charge in [-0.15, -0.1) is 0 Å². The highest BCUT2D eigenvalue weighted by Gasteiger charge is 2.44. The van der Waals surface area contributed by atoms with E-state index in [0.717, 1.165) is 36.8 Å². The Hall–Kier alpha value is -2.32. The molecule has 3 unspecified atom stereocenters. The number of amides is 2. The number of ketones is 1. The van der Waals surface area contributed by atoms with Gasteiger partial charge >= 0.3 is 0 Å². The van der Waals surface area contributed by atoms with Gasteiger partial charge in [0.1, 0.15) is 5.82 Å². The lowest BCUT2D eigenvalue weighted by Gasteiger charge is -2.31. The lowest BCUT2D eigenvalue weighted by atomic mass is 9.88. The van der Waals surface area contributed by atoms with Gasteiger partial charge < -0.3 is 4.90 Å². The minimum atomic E-state index is -0.733. The molecule has 1 saturated carbocycles. The molecule has 1 aromatic heterocycles. The summed E-state index contributed by atoms with van der Waals surface area (Å²) in [5, 5.41) is 2.73. The summed E-state index contributed by atoms with van der Waals surface area (Å²) in [6.07, 6.45) is 3.84. The minimum absolute atomic E-state index is 0.00420. The number of aromatic nitrogens is 1. The number of halogens is 2. The van der Waals surface area contributed by atoms with Crippen LogP contribution in [0.3, 0.4) is 0 Å². The molecule has 156 valence electrons. The van der Waals surface area contributed by atoms with Crippen molar-refractivity contribution in [3.05, 3.63) is 45.2 Å². The predicted octanol–water partition coefficient (Wildman–Crippen LogP) is 3.94. The monoisotopic (exact) mass is 447 g/mol. The molecule has 0 spiro atoms. The van der Waals surface area contributed by atoms with Crippen molar-refractivity contribution in [1.29, 1.82) is 0 Å². The van der Waals surface area contributed by atoms with E-state index in [-0.39, 0.29) is 33.8 Å². The second-order valence-corrected chi connectivity index (χ2v) is 9.60. The number of hydrogen-bond acceptors (Lipinski definition) is 5. The molecular weight excluding hydrogens is 429 g/mol. The van der Waals surface area contributed by atoms with Crippen LogP contribution in [0.1, 0.15) is 51.4 Å². The Balaban J connectivity index is 1.33. The molecular formula is C21H19ClFN3O3S. The van der Waals surface area contributed by atoms with Crippen LogP contribution in [-0.4, -0.2) is 40.1 Å². The first kappa shape index (κ1) is 19.6. The van der Waals surface area contributed by atoms with Gasteiger partial charge in [-0.05, 0) is 37.3 Å². The van der Waals surface area contributed by atoms with E-state index in [1.165, 1.54) is 18.6 Å². The topological polar surface area (TPSA) is 79.4 Å². The summed E-state index contributed by atoms with van der Waals surface area (Å²) in [4.78, 5) is 44.9. The molecule has 6 nitrogen and oxygen atoms in total. The number of likely N-dealkylation sites (tertiary alicyclic amines) is 1. The zero-order valence-corrected chi connectivity index (χ0v) is 17.6. The third kappa shape index (κ3) is 3.32. The van der Waals surface area contributed by atoms with Crippen molar-refractivity contribution < 1.29 is 18.8 Å². The summed E-state index contributed by atoms with van der Waals surface area (Å²) < 4.78 is 14.0. The molecule has 9 heteroatoms. The maximum Gasteiger partial charge on any atom is 0.261 e. The second kappa shape index (κ2) is 7.42. The molecule has 1 aromatic carbocycles. The van der Waals surface area contributed by atoms with Crippen molar-refractivity contribution in [3.63, 3.8) is 0 Å². The Labute approximate surface area is 181 Å². The number of rotatable bonds is 3. The molecule has 2 fully saturated rings. The SMILES string of the molecule is O=C1CC(C(=O)N2CC3CCC2C3)Cc2nc(NC(=O)c3c(F)cccc3Cl)sc21. The number of carbonyl (C=O) groups is 3. The van der Waals surface area contributed by atoms with Crippen LogP contribution < -0.4 is 5.32 Å². The summed E-state index contributed by atoms with van der Waals surface area (Å²) >= 11 is 7.00. The normalized spacial score (nSPS) is 24.8. The van der Waals surface area contributed by atoms with E-state index < -0.39 is 17.6 Å². The van der Waals surface area contributed by atoms with E-state index in [9.17, 15) is 18.8 Å². The van der Waals surface area contributed by atoms with Crippen molar-refractivity contribution in [2.75, 3.05) is 11.9 Å². The summed E-state index contributed by atoms with van der Waals surface area (Å²) in [5.41, 5.74) is 0.254. The van der Waals surface area contributed by atoms with Crippen LogP contribution in [0.2, 0.25) is 5.02 Å². The number of anilines is 1. The van der Waals surface area contributed by atoms with Crippen molar-refractivity contribution >= 4 is 45.7 Å². The Bertz CT molecular complexity index is 1050. The molecule has 5 rings (SSSR count). The largest absolute Gasteiger partial charge is 0.339 e. The first-order valence-corrected chi connectivity index (χ1v) is 11.2. The van der Waals surface area contributed by atoms with Gasteiger partial charge in [0, 0.05) is 25.4 Å². The second-order valence-electron chi connectivity index (χ2n) is 8.20. The fourth-order valence-corrected chi connectivity index (χ4v) is 6.05. The van der Waals surface area contributed by atoms with Gasteiger partial charge in [-0.2, -0.15) is 0 Å². The molecule has 2 aromatic rings. The average Bonchev–Trinajstić information content (AvgIpc) is 3.42. The van der Waals surface area contributed by atoms with Crippen molar-refractivity contribution in [3.8, 4) is 0 Å². The van der Waals surface area contributed by atoms with E-state index >= 15 is 0 Å². The summed E-state index contributed by atoms with van der Waals surface area (Å²) in [6, 6.07) is 4.31. The number of benzene rings is 1. The van der Waals surface area contributed by atoms with E-state index in [2.05, 4.69) is 10.3 Å². The molecule has 1 N–H and O–H groups in total. The zero-order chi connectivity index (χ0) is 21.0. The first-order chi connectivity index (χ1) is 14.4. The fourth-order valence-electron chi connectivity index (χ4n) is 4.86. The number of thiazole rings is 1. The Morgan fingerprint density at radius 3 is 2.80 bits per heavy atom. The van der Waals surface area contributed by atoms with Crippen molar-refractivity contribution in [2.45, 2.75) is 38.1 Å². The Morgan fingerprint density at radius 2 is 2.10 bits per heavy atom. The van der Waals surface area contributed by atoms with E-state index in [1.54, 1.807) is 0 Å². The van der Waals surface area contributed by atoms with E-state index in [4.69, 9.17) is 11.6 Å². The van der Waals surface area contributed by atoms with E-state index in [0.29, 0.717) is 29.0 Å². The number of nitrogens with one attached hydrogen (secondary N) is 1. The molecule has 2 aliphatic carbocycles. The van der Waals surface area contributed by atoms with Crippen LogP contribution in [0.4, 0.5) is 9.52 Å². The molecule has 1 saturated heterocycles. The Morgan fingerprint density at radius 1 is 1.27 bits per heavy atom. The standard InChI is InChI=1S/C21H19ClFN3O3S/c22-13-2-1-3-14(23)17(13)19(28)25-21-24-15-7-11(8-16(27)18(15)30-21)20(29)26-9-10-4-5-12(26)6-10/h1-3,10-12H,4-9H2,(H,24,25,28). The van der Waals surface area contributed by atoms with Gasteiger partial charge in [-0.3, -0.25) is 19.7 Å². The highest BCUT2D eigenvalue weighted by atomic mass is 35.5. The summed E-state index contributed by atoms with van der Waals surface area (Å²) in [6.45, 7) is 0.794. The highest BCUT2D eigenvalue weighted by Crippen LogP contribution is 2.40. The number of nitrogens with zero attached hydrogens (tertiary/aromatic N) is 2. The summed E-state index contributed by atoms with van der Waals surface area (Å²) in [7, 11) is 0. The number of fused-ring (bicyclic) bond motifs is 3. The summed E-state index contributed by atoms with van der Waals surface area (Å²) in [5.74, 6) is -1.37. The van der Waals surface area contributed by atoms with Gasteiger partial charge in [-0.1, -0.05) is 29.0 Å². The van der Waals surface area contributed by atoms with Gasteiger partial charge in [0.25, 0.3) is 5.91 Å². The molecule has 0 radical (unpaired) electrons. The van der Waals surface area contributed by atoms with Crippen LogP contribution in [0.15, 0.2) is 18.2 Å². The van der Waals surface area contributed by atoms with Gasteiger partial charge in [0.15, 0.2) is 10.9 Å². The molecule has 2 heterocycles. The molecule has 2 bridgehead atoms.